The van der Waals surface area contributed by atoms with E-state index in [0.717, 1.165) is 22.4 Å². The van der Waals surface area contributed by atoms with E-state index in [4.69, 9.17) is 21.4 Å². The van der Waals surface area contributed by atoms with Crippen LogP contribution in [-0.2, 0) is 13.0 Å². The first-order valence-electron chi connectivity index (χ1n) is 8.57. The predicted molar refractivity (Wildman–Crippen MR) is 108 cm³/mol. The van der Waals surface area contributed by atoms with Crippen molar-refractivity contribution in [1.82, 2.24) is 0 Å². The summed E-state index contributed by atoms with van der Waals surface area (Å²) < 4.78 is 5.97. The van der Waals surface area contributed by atoms with Crippen molar-refractivity contribution in [3.63, 3.8) is 0 Å². The molecule has 3 aromatic rings. The van der Waals surface area contributed by atoms with Gasteiger partial charge in [0.1, 0.15) is 12.4 Å². The van der Waals surface area contributed by atoms with Gasteiger partial charge in [-0.05, 0) is 47.4 Å². The maximum atomic E-state index is 10.9. The summed E-state index contributed by atoms with van der Waals surface area (Å²) in [5.74, 6) is -0.163. The highest BCUT2D eigenvalue weighted by molar-refractivity contribution is 6.30. The van der Waals surface area contributed by atoms with E-state index < -0.39 is 5.97 Å². The Hall–Kier alpha value is -3.04. The molecule has 0 saturated carbocycles. The van der Waals surface area contributed by atoms with E-state index in [-0.39, 0.29) is 5.56 Å². The van der Waals surface area contributed by atoms with Crippen LogP contribution in [0.5, 0.6) is 5.75 Å². The van der Waals surface area contributed by atoms with E-state index in [9.17, 15) is 4.79 Å². The van der Waals surface area contributed by atoms with Crippen molar-refractivity contribution in [1.29, 1.82) is 0 Å². The van der Waals surface area contributed by atoms with Gasteiger partial charge in [0.2, 0.25) is 0 Å². The van der Waals surface area contributed by atoms with E-state index in [2.05, 4.69) is 0 Å². The molecule has 0 aliphatic heterocycles. The molecular weight excluding hydrogens is 360 g/mol. The van der Waals surface area contributed by atoms with Crippen LogP contribution in [0.2, 0.25) is 5.02 Å². The average Bonchev–Trinajstić information content (AvgIpc) is 2.69. The number of carbonyl (C=O) groups is 1. The molecule has 3 nitrogen and oxygen atoms in total. The van der Waals surface area contributed by atoms with Crippen LogP contribution in [0.15, 0.2) is 78.9 Å². The number of rotatable bonds is 7. The van der Waals surface area contributed by atoms with Gasteiger partial charge in [0.15, 0.2) is 0 Å². The van der Waals surface area contributed by atoms with Crippen molar-refractivity contribution in [2.75, 3.05) is 0 Å². The summed E-state index contributed by atoms with van der Waals surface area (Å²) >= 11 is 6.12. The number of halogens is 1. The molecule has 0 aliphatic rings. The minimum absolute atomic E-state index is 0.279. The van der Waals surface area contributed by atoms with Crippen LogP contribution in [0.1, 0.15) is 27.0 Å². The third-order valence-corrected chi connectivity index (χ3v) is 4.31. The minimum atomic E-state index is -0.924. The maximum Gasteiger partial charge on any atom is 0.335 e. The highest BCUT2D eigenvalue weighted by Crippen LogP contribution is 2.25. The van der Waals surface area contributed by atoms with Crippen LogP contribution >= 0.6 is 11.6 Å². The Morgan fingerprint density at radius 1 is 1.00 bits per heavy atom. The Morgan fingerprint density at radius 3 is 2.44 bits per heavy atom. The number of allylic oxidation sites excluding steroid dienone is 1. The lowest BCUT2D eigenvalue weighted by Crippen LogP contribution is -1.98. The largest absolute Gasteiger partial charge is 0.489 e. The van der Waals surface area contributed by atoms with E-state index in [1.54, 1.807) is 24.3 Å². The maximum absolute atomic E-state index is 10.9. The zero-order valence-electron chi connectivity index (χ0n) is 14.6. The lowest BCUT2D eigenvalue weighted by atomic mass is 10.1. The van der Waals surface area contributed by atoms with E-state index in [1.807, 2.05) is 60.7 Å². The fraction of sp³-hybridized carbons (Fsp3) is 0.0870. The molecule has 0 saturated heterocycles. The highest BCUT2D eigenvalue weighted by atomic mass is 35.5. The molecule has 0 bridgehead atoms. The first-order valence-corrected chi connectivity index (χ1v) is 8.94. The molecule has 0 fully saturated rings. The van der Waals surface area contributed by atoms with Crippen molar-refractivity contribution in [3.8, 4) is 5.75 Å². The third kappa shape index (κ3) is 5.47. The summed E-state index contributed by atoms with van der Waals surface area (Å²) in [6.07, 6.45) is 4.66. The normalized spacial score (nSPS) is 10.9. The molecule has 0 amide bonds. The molecule has 0 aliphatic carbocycles. The molecule has 136 valence electrons. The van der Waals surface area contributed by atoms with Crippen molar-refractivity contribution < 1.29 is 14.6 Å². The summed E-state index contributed by atoms with van der Waals surface area (Å²) in [5.41, 5.74) is 3.35. The highest BCUT2D eigenvalue weighted by Gasteiger charge is 2.05. The standard InChI is InChI=1S/C23H19ClO3/c24-21-14-13-19(22(15-21)27-16-18-5-2-1-3-6-18)8-4-7-17-9-11-20(12-10-17)23(25)26/h1-7,9-15H,8,16H2,(H,25,26). The minimum Gasteiger partial charge on any atom is -0.489 e. The molecule has 0 heterocycles. The second kappa shape index (κ2) is 9.06. The van der Waals surface area contributed by atoms with Gasteiger partial charge in [0, 0.05) is 5.02 Å². The van der Waals surface area contributed by atoms with Gasteiger partial charge >= 0.3 is 5.97 Å². The Bertz CT molecular complexity index is 932. The molecule has 0 atom stereocenters. The average molecular weight is 379 g/mol. The SMILES string of the molecule is O=C(O)c1ccc(C=CCc2ccc(Cl)cc2OCc2ccccc2)cc1. The van der Waals surface area contributed by atoms with E-state index in [0.29, 0.717) is 18.1 Å². The number of aromatic carboxylic acids is 1. The Balaban J connectivity index is 1.68. The van der Waals surface area contributed by atoms with Gasteiger partial charge < -0.3 is 9.84 Å². The van der Waals surface area contributed by atoms with Crippen molar-refractivity contribution in [2.45, 2.75) is 13.0 Å². The van der Waals surface area contributed by atoms with Gasteiger partial charge in [-0.1, -0.05) is 72.3 Å². The molecule has 4 heteroatoms. The first-order chi connectivity index (χ1) is 13.1. The molecule has 3 aromatic carbocycles. The number of carboxylic acids is 1. The van der Waals surface area contributed by atoms with Crippen LogP contribution < -0.4 is 4.74 Å². The zero-order chi connectivity index (χ0) is 19.1. The molecule has 0 aromatic heterocycles. The Morgan fingerprint density at radius 2 is 1.74 bits per heavy atom. The van der Waals surface area contributed by atoms with Crippen molar-refractivity contribution in [3.05, 3.63) is 106 Å². The van der Waals surface area contributed by atoms with Gasteiger partial charge in [-0.25, -0.2) is 4.79 Å². The van der Waals surface area contributed by atoms with E-state index >= 15 is 0 Å². The summed E-state index contributed by atoms with van der Waals surface area (Å²) in [6.45, 7) is 0.481. The molecule has 27 heavy (non-hydrogen) atoms. The van der Waals surface area contributed by atoms with Crippen molar-refractivity contribution >= 4 is 23.6 Å². The smallest absolute Gasteiger partial charge is 0.335 e. The molecule has 0 spiro atoms. The van der Waals surface area contributed by atoms with Crippen LogP contribution in [0.3, 0.4) is 0 Å². The van der Waals surface area contributed by atoms with Crippen LogP contribution in [0, 0.1) is 0 Å². The van der Waals surface area contributed by atoms with Gasteiger partial charge in [0.05, 0.1) is 5.56 Å². The second-order valence-electron chi connectivity index (χ2n) is 6.06. The van der Waals surface area contributed by atoms with Gasteiger partial charge in [0.25, 0.3) is 0 Å². The van der Waals surface area contributed by atoms with Gasteiger partial charge in [-0.2, -0.15) is 0 Å². The fourth-order valence-electron chi connectivity index (χ4n) is 2.63. The third-order valence-electron chi connectivity index (χ3n) is 4.07. The lowest BCUT2D eigenvalue weighted by Gasteiger charge is -2.11. The van der Waals surface area contributed by atoms with E-state index in [1.165, 1.54) is 0 Å². The summed E-state index contributed by atoms with van der Waals surface area (Å²) in [4.78, 5) is 10.9. The summed E-state index contributed by atoms with van der Waals surface area (Å²) in [5, 5.41) is 9.58. The van der Waals surface area contributed by atoms with Crippen LogP contribution in [-0.4, -0.2) is 11.1 Å². The molecule has 0 unspecified atom stereocenters. The molecular formula is C23H19ClO3. The van der Waals surface area contributed by atoms with Crippen LogP contribution in [0.25, 0.3) is 6.08 Å². The van der Waals surface area contributed by atoms with Crippen LogP contribution in [0.4, 0.5) is 0 Å². The van der Waals surface area contributed by atoms with Gasteiger partial charge in [-0.3, -0.25) is 0 Å². The first kappa shape index (κ1) is 18.7. The second-order valence-corrected chi connectivity index (χ2v) is 6.50. The Labute approximate surface area is 163 Å². The Kier molecular flexibility index (Phi) is 6.29. The summed E-state index contributed by atoms with van der Waals surface area (Å²) in [6, 6.07) is 22.4. The van der Waals surface area contributed by atoms with Gasteiger partial charge in [-0.15, -0.1) is 0 Å². The predicted octanol–water partition coefficient (Wildman–Crippen LogP) is 5.87. The molecule has 0 radical (unpaired) electrons. The summed E-state index contributed by atoms with van der Waals surface area (Å²) in [7, 11) is 0. The topological polar surface area (TPSA) is 46.5 Å². The fourth-order valence-corrected chi connectivity index (χ4v) is 2.79. The lowest BCUT2D eigenvalue weighted by molar-refractivity contribution is 0.0697. The molecule has 1 N–H and O–H groups in total. The quantitative estimate of drug-likeness (QED) is 0.559. The number of benzene rings is 3. The number of carboxylic acid groups (broad SMARTS) is 1. The number of hydrogen-bond donors (Lipinski definition) is 1. The monoisotopic (exact) mass is 378 g/mol. The van der Waals surface area contributed by atoms with Crippen molar-refractivity contribution in [2.24, 2.45) is 0 Å². The zero-order valence-corrected chi connectivity index (χ0v) is 15.4. The number of ether oxygens (including phenoxy) is 1. The molecule has 3 rings (SSSR count). The number of hydrogen-bond acceptors (Lipinski definition) is 2.